The second-order valence-electron chi connectivity index (χ2n) is 5.08. The summed E-state index contributed by atoms with van der Waals surface area (Å²) in [6.45, 7) is 2.32. The number of rotatable bonds is 7. The number of hydrogen-bond donors (Lipinski definition) is 1. The smallest absolute Gasteiger partial charge is 0.311 e. The van der Waals surface area contributed by atoms with Crippen molar-refractivity contribution in [2.75, 3.05) is 13.2 Å². The highest BCUT2D eigenvalue weighted by molar-refractivity contribution is 6.36. The van der Waals surface area contributed by atoms with Crippen molar-refractivity contribution in [1.29, 1.82) is 0 Å². The predicted molar refractivity (Wildman–Crippen MR) is 96.8 cm³/mol. The molecule has 0 aliphatic heterocycles. The Hall–Kier alpha value is -2.31. The average molecular weight is 383 g/mol. The van der Waals surface area contributed by atoms with Gasteiger partial charge in [0.05, 0.1) is 11.5 Å². The Kier molecular flexibility index (Phi) is 6.61. The van der Waals surface area contributed by atoms with Gasteiger partial charge in [0, 0.05) is 28.2 Å². The molecule has 0 atom stereocenters. The number of ether oxygens (including phenoxy) is 1. The lowest BCUT2D eigenvalue weighted by Crippen LogP contribution is -2.25. The summed E-state index contributed by atoms with van der Waals surface area (Å²) in [5.74, 6) is -0.291. The molecule has 0 saturated heterocycles. The van der Waals surface area contributed by atoms with Crippen LogP contribution in [0.5, 0.6) is 5.75 Å². The topological polar surface area (TPSA) is 81.5 Å². The summed E-state index contributed by atoms with van der Waals surface area (Å²) < 4.78 is 5.20. The van der Waals surface area contributed by atoms with Gasteiger partial charge in [0.2, 0.25) is 0 Å². The Morgan fingerprint density at radius 2 is 1.92 bits per heavy atom. The molecule has 2 rings (SSSR count). The Morgan fingerprint density at radius 1 is 1.24 bits per heavy atom. The molecule has 0 aliphatic carbocycles. The molecule has 0 saturated carbocycles. The van der Waals surface area contributed by atoms with Gasteiger partial charge in [-0.1, -0.05) is 29.3 Å². The van der Waals surface area contributed by atoms with Crippen molar-refractivity contribution in [3.63, 3.8) is 0 Å². The van der Waals surface area contributed by atoms with Gasteiger partial charge in [-0.2, -0.15) is 0 Å². The first-order valence-electron chi connectivity index (χ1n) is 7.56. The van der Waals surface area contributed by atoms with E-state index in [-0.39, 0.29) is 17.0 Å². The van der Waals surface area contributed by atoms with Gasteiger partial charge in [0.15, 0.2) is 5.75 Å². The van der Waals surface area contributed by atoms with Crippen molar-refractivity contribution in [2.45, 2.75) is 13.3 Å². The minimum absolute atomic E-state index is 0.131. The molecule has 0 spiro atoms. The van der Waals surface area contributed by atoms with E-state index >= 15 is 0 Å². The van der Waals surface area contributed by atoms with Crippen LogP contribution in [0.15, 0.2) is 36.4 Å². The summed E-state index contributed by atoms with van der Waals surface area (Å²) in [7, 11) is 0. The SMILES string of the molecule is CCOc1ccc(C(=O)NCCc2c(Cl)cccc2Cl)cc1[N+](=O)[O-]. The van der Waals surface area contributed by atoms with E-state index in [9.17, 15) is 14.9 Å². The van der Waals surface area contributed by atoms with Crippen molar-refractivity contribution >= 4 is 34.8 Å². The number of benzene rings is 2. The molecule has 1 N–H and O–H groups in total. The van der Waals surface area contributed by atoms with Crippen LogP contribution in [0.2, 0.25) is 10.0 Å². The van der Waals surface area contributed by atoms with Crippen LogP contribution in [0, 0.1) is 10.1 Å². The largest absolute Gasteiger partial charge is 0.487 e. The Balaban J connectivity index is 2.06. The van der Waals surface area contributed by atoms with Crippen LogP contribution in [0.25, 0.3) is 0 Å². The maximum absolute atomic E-state index is 12.2. The predicted octanol–water partition coefficient (Wildman–Crippen LogP) is 4.27. The van der Waals surface area contributed by atoms with Gasteiger partial charge in [-0.05, 0) is 43.2 Å². The second-order valence-corrected chi connectivity index (χ2v) is 5.89. The van der Waals surface area contributed by atoms with Crippen molar-refractivity contribution in [1.82, 2.24) is 5.32 Å². The fourth-order valence-electron chi connectivity index (χ4n) is 2.25. The van der Waals surface area contributed by atoms with E-state index in [1.165, 1.54) is 18.2 Å². The zero-order valence-electron chi connectivity index (χ0n) is 13.4. The fourth-order valence-corrected chi connectivity index (χ4v) is 2.84. The van der Waals surface area contributed by atoms with E-state index < -0.39 is 10.8 Å². The van der Waals surface area contributed by atoms with Crippen LogP contribution in [-0.2, 0) is 6.42 Å². The van der Waals surface area contributed by atoms with Gasteiger partial charge < -0.3 is 10.1 Å². The summed E-state index contributed by atoms with van der Waals surface area (Å²) in [6, 6.07) is 9.28. The maximum Gasteiger partial charge on any atom is 0.311 e. The van der Waals surface area contributed by atoms with Crippen LogP contribution < -0.4 is 10.1 Å². The number of nitrogens with zero attached hydrogens (tertiary/aromatic N) is 1. The molecule has 0 heterocycles. The van der Waals surface area contributed by atoms with Crippen LogP contribution in [0.3, 0.4) is 0 Å². The fraction of sp³-hybridized carbons (Fsp3) is 0.235. The third-order valence-corrected chi connectivity index (χ3v) is 4.15. The summed E-state index contributed by atoms with van der Waals surface area (Å²) in [6.07, 6.45) is 0.448. The van der Waals surface area contributed by atoms with Gasteiger partial charge in [0.1, 0.15) is 0 Å². The zero-order valence-corrected chi connectivity index (χ0v) is 14.9. The van der Waals surface area contributed by atoms with Gasteiger partial charge in [-0.3, -0.25) is 14.9 Å². The molecule has 6 nitrogen and oxygen atoms in total. The normalized spacial score (nSPS) is 10.4. The minimum atomic E-state index is -0.578. The monoisotopic (exact) mass is 382 g/mol. The summed E-state index contributed by atoms with van der Waals surface area (Å²) >= 11 is 12.2. The third-order valence-electron chi connectivity index (χ3n) is 3.44. The van der Waals surface area contributed by atoms with Crippen molar-refractivity contribution < 1.29 is 14.5 Å². The van der Waals surface area contributed by atoms with Crippen LogP contribution in [0.4, 0.5) is 5.69 Å². The van der Waals surface area contributed by atoms with Gasteiger partial charge >= 0.3 is 5.69 Å². The van der Waals surface area contributed by atoms with Crippen molar-refractivity contribution in [3.05, 3.63) is 67.7 Å². The molecule has 0 fully saturated rings. The molecule has 0 aliphatic rings. The van der Waals surface area contributed by atoms with E-state index in [1.807, 2.05) is 0 Å². The molecular formula is C17H16Cl2N2O4. The molecule has 2 aromatic rings. The first-order valence-corrected chi connectivity index (χ1v) is 8.32. The summed E-state index contributed by atoms with van der Waals surface area (Å²) in [5.41, 5.74) is 0.674. The van der Waals surface area contributed by atoms with E-state index in [1.54, 1.807) is 25.1 Å². The molecular weight excluding hydrogens is 367 g/mol. The van der Waals surface area contributed by atoms with Crippen molar-refractivity contribution in [2.24, 2.45) is 0 Å². The average Bonchev–Trinajstić information content (AvgIpc) is 2.57. The highest BCUT2D eigenvalue weighted by atomic mass is 35.5. The summed E-state index contributed by atoms with van der Waals surface area (Å²) in [5, 5.41) is 14.9. The summed E-state index contributed by atoms with van der Waals surface area (Å²) in [4.78, 5) is 22.7. The van der Waals surface area contributed by atoms with Gasteiger partial charge in [0.25, 0.3) is 5.91 Å². The molecule has 0 radical (unpaired) electrons. The Labute approximate surface area is 154 Å². The first-order chi connectivity index (χ1) is 11.9. The van der Waals surface area contributed by atoms with E-state index in [0.717, 1.165) is 5.56 Å². The number of nitro groups is 1. The van der Waals surface area contributed by atoms with Crippen molar-refractivity contribution in [3.8, 4) is 5.75 Å². The molecule has 8 heteroatoms. The van der Waals surface area contributed by atoms with E-state index in [2.05, 4.69) is 5.32 Å². The minimum Gasteiger partial charge on any atom is -0.487 e. The maximum atomic E-state index is 12.2. The number of carbonyl (C=O) groups is 1. The second kappa shape index (κ2) is 8.69. The van der Waals surface area contributed by atoms with E-state index in [0.29, 0.717) is 29.6 Å². The van der Waals surface area contributed by atoms with E-state index in [4.69, 9.17) is 27.9 Å². The lowest BCUT2D eigenvalue weighted by molar-refractivity contribution is -0.385. The number of nitrogens with one attached hydrogen (secondary N) is 1. The molecule has 2 aromatic carbocycles. The standard InChI is InChI=1S/C17H16Cl2N2O4/c1-2-25-16-7-6-11(10-15(16)21(23)24)17(22)20-9-8-12-13(18)4-3-5-14(12)19/h3-7,10H,2,8-9H2,1H3,(H,20,22). The van der Waals surface area contributed by atoms with Crippen LogP contribution in [0.1, 0.15) is 22.8 Å². The third kappa shape index (κ3) is 4.84. The molecule has 0 bridgehead atoms. The molecule has 25 heavy (non-hydrogen) atoms. The highest BCUT2D eigenvalue weighted by Crippen LogP contribution is 2.28. The zero-order chi connectivity index (χ0) is 18.4. The molecule has 132 valence electrons. The number of nitro benzene ring substituents is 1. The van der Waals surface area contributed by atoms with Gasteiger partial charge in [-0.25, -0.2) is 0 Å². The highest BCUT2D eigenvalue weighted by Gasteiger charge is 2.18. The Bertz CT molecular complexity index is 776. The Morgan fingerprint density at radius 3 is 2.52 bits per heavy atom. The van der Waals surface area contributed by atoms with Crippen LogP contribution >= 0.6 is 23.2 Å². The number of halogens is 2. The molecule has 0 aromatic heterocycles. The number of carbonyl (C=O) groups excluding carboxylic acids is 1. The molecule has 0 unspecified atom stereocenters. The van der Waals surface area contributed by atoms with Gasteiger partial charge in [-0.15, -0.1) is 0 Å². The van der Waals surface area contributed by atoms with Crippen LogP contribution in [-0.4, -0.2) is 24.0 Å². The lowest BCUT2D eigenvalue weighted by Gasteiger charge is -2.09. The lowest BCUT2D eigenvalue weighted by atomic mass is 10.1. The number of hydrogen-bond acceptors (Lipinski definition) is 4. The number of amides is 1. The first kappa shape index (κ1) is 19.0. The molecule has 1 amide bonds. The quantitative estimate of drug-likeness (QED) is 0.572.